The Morgan fingerprint density at radius 3 is 2.43 bits per heavy atom. The van der Waals surface area contributed by atoms with Crippen molar-refractivity contribution in [1.82, 2.24) is 15.2 Å². The molecule has 3 heterocycles. The van der Waals surface area contributed by atoms with Crippen LogP contribution in [0.3, 0.4) is 0 Å². The number of carbonyl (C=O) groups excluding carboxylic acids is 1. The lowest BCUT2D eigenvalue weighted by Crippen LogP contribution is -2.35. The van der Waals surface area contributed by atoms with E-state index in [1.807, 2.05) is 12.1 Å². The van der Waals surface area contributed by atoms with Gasteiger partial charge in [-0.2, -0.15) is 0 Å². The number of rotatable bonds is 8. The standard InChI is InChI=1S/C24H21N3O7S/c1-2-33-19(28)12-27-21(20(26-24(27)35)16-5-3-4-8-25-16)18-7-6-17(34-18)13-9-14(22(29)30)11-15(10-13)23(31)32/h3-11,20-21H,2,12H2,1H3,(H,26,35)(H,29,30)(H,31,32)/t20-,21+/m1/s1. The molecule has 180 valence electrons. The number of aromatic nitrogens is 1. The highest BCUT2D eigenvalue weighted by Crippen LogP contribution is 2.40. The summed E-state index contributed by atoms with van der Waals surface area (Å²) in [5, 5.41) is 22.3. The average Bonchev–Trinajstić information content (AvgIpc) is 3.44. The number of carboxylic acids is 2. The molecule has 0 aliphatic carbocycles. The van der Waals surface area contributed by atoms with Crippen LogP contribution in [-0.2, 0) is 9.53 Å². The molecule has 0 bridgehead atoms. The van der Waals surface area contributed by atoms with Gasteiger partial charge in [0.05, 0.1) is 29.5 Å². The quantitative estimate of drug-likeness (QED) is 0.313. The van der Waals surface area contributed by atoms with E-state index in [2.05, 4.69) is 10.3 Å². The van der Waals surface area contributed by atoms with E-state index in [1.54, 1.807) is 36.2 Å². The number of furan rings is 1. The maximum absolute atomic E-state index is 12.3. The number of esters is 1. The molecule has 0 spiro atoms. The summed E-state index contributed by atoms with van der Waals surface area (Å²) in [6.45, 7) is 1.81. The van der Waals surface area contributed by atoms with E-state index in [0.29, 0.717) is 16.6 Å². The minimum Gasteiger partial charge on any atom is -0.478 e. The minimum absolute atomic E-state index is 0.124. The fourth-order valence-electron chi connectivity index (χ4n) is 3.91. The van der Waals surface area contributed by atoms with Crippen molar-refractivity contribution in [2.45, 2.75) is 19.0 Å². The van der Waals surface area contributed by atoms with Gasteiger partial charge in [0.25, 0.3) is 0 Å². The number of benzene rings is 1. The summed E-state index contributed by atoms with van der Waals surface area (Å²) >= 11 is 5.50. The van der Waals surface area contributed by atoms with Gasteiger partial charge in [0.15, 0.2) is 5.11 Å². The Morgan fingerprint density at radius 1 is 1.11 bits per heavy atom. The van der Waals surface area contributed by atoms with Crippen LogP contribution < -0.4 is 5.32 Å². The highest BCUT2D eigenvalue weighted by atomic mass is 32.1. The maximum atomic E-state index is 12.3. The molecular weight excluding hydrogens is 474 g/mol. The largest absolute Gasteiger partial charge is 0.478 e. The predicted molar refractivity (Wildman–Crippen MR) is 127 cm³/mol. The number of hydrogen-bond acceptors (Lipinski definition) is 7. The predicted octanol–water partition coefficient (Wildman–Crippen LogP) is 3.27. The summed E-state index contributed by atoms with van der Waals surface area (Å²) < 4.78 is 11.2. The zero-order valence-electron chi connectivity index (χ0n) is 18.5. The summed E-state index contributed by atoms with van der Waals surface area (Å²) in [5.41, 5.74) is 0.590. The molecule has 0 saturated carbocycles. The summed E-state index contributed by atoms with van der Waals surface area (Å²) in [5.74, 6) is -2.30. The molecule has 2 aromatic heterocycles. The topological polar surface area (TPSA) is 142 Å². The van der Waals surface area contributed by atoms with Gasteiger partial charge in [0.2, 0.25) is 0 Å². The molecular formula is C24H21N3O7S. The summed E-state index contributed by atoms with van der Waals surface area (Å²) in [7, 11) is 0. The number of ether oxygens (including phenoxy) is 1. The summed E-state index contributed by atoms with van der Waals surface area (Å²) in [4.78, 5) is 41.4. The Hall–Kier alpha value is -4.25. The molecule has 1 aromatic carbocycles. The average molecular weight is 496 g/mol. The van der Waals surface area contributed by atoms with Crippen molar-refractivity contribution in [3.8, 4) is 11.3 Å². The number of carbonyl (C=O) groups is 3. The molecule has 11 heteroatoms. The first kappa shape index (κ1) is 23.9. The van der Waals surface area contributed by atoms with Gasteiger partial charge in [0.1, 0.15) is 24.1 Å². The highest BCUT2D eigenvalue weighted by molar-refractivity contribution is 7.80. The van der Waals surface area contributed by atoms with E-state index < -0.39 is 30.0 Å². The Bertz CT molecular complexity index is 1260. The lowest BCUT2D eigenvalue weighted by atomic mass is 10.0. The molecule has 1 aliphatic rings. The number of thiocarbonyl (C=S) groups is 1. The molecule has 0 radical (unpaired) electrons. The third-order valence-electron chi connectivity index (χ3n) is 5.43. The number of pyridine rings is 1. The van der Waals surface area contributed by atoms with Gasteiger partial charge in [-0.3, -0.25) is 9.78 Å². The second-order valence-electron chi connectivity index (χ2n) is 7.67. The zero-order chi connectivity index (χ0) is 25.1. The molecule has 2 atom stereocenters. The molecule has 4 rings (SSSR count). The van der Waals surface area contributed by atoms with Crippen molar-refractivity contribution in [3.05, 3.63) is 77.3 Å². The normalized spacial score (nSPS) is 17.2. The van der Waals surface area contributed by atoms with Crippen molar-refractivity contribution in [2.24, 2.45) is 0 Å². The van der Waals surface area contributed by atoms with Crippen molar-refractivity contribution in [3.63, 3.8) is 0 Å². The van der Waals surface area contributed by atoms with Gasteiger partial charge >= 0.3 is 17.9 Å². The fourth-order valence-corrected chi connectivity index (χ4v) is 4.22. The Labute approximate surface area is 205 Å². The molecule has 10 nitrogen and oxygen atoms in total. The molecule has 1 fully saturated rings. The fraction of sp³-hybridized carbons (Fsp3) is 0.208. The number of nitrogens with zero attached hydrogens (tertiary/aromatic N) is 2. The van der Waals surface area contributed by atoms with E-state index in [1.165, 1.54) is 12.1 Å². The van der Waals surface area contributed by atoms with E-state index in [-0.39, 0.29) is 35.6 Å². The number of nitrogens with one attached hydrogen (secondary N) is 1. The van der Waals surface area contributed by atoms with Crippen molar-refractivity contribution >= 4 is 35.2 Å². The lowest BCUT2D eigenvalue weighted by Gasteiger charge is -2.25. The van der Waals surface area contributed by atoms with Gasteiger partial charge in [-0.1, -0.05) is 6.07 Å². The van der Waals surface area contributed by atoms with E-state index >= 15 is 0 Å². The molecule has 35 heavy (non-hydrogen) atoms. The first-order valence-corrected chi connectivity index (χ1v) is 11.0. The second-order valence-corrected chi connectivity index (χ2v) is 8.06. The molecule has 3 N–H and O–H groups in total. The van der Waals surface area contributed by atoms with Gasteiger partial charge in [0, 0.05) is 11.8 Å². The third-order valence-corrected chi connectivity index (χ3v) is 5.78. The van der Waals surface area contributed by atoms with Crippen molar-refractivity contribution in [2.75, 3.05) is 13.2 Å². The van der Waals surface area contributed by atoms with Crippen LogP contribution in [0.2, 0.25) is 0 Å². The van der Waals surface area contributed by atoms with Gasteiger partial charge in [-0.15, -0.1) is 0 Å². The maximum Gasteiger partial charge on any atom is 0.335 e. The van der Waals surface area contributed by atoms with Crippen LogP contribution in [0.1, 0.15) is 51.2 Å². The van der Waals surface area contributed by atoms with Gasteiger partial charge in [-0.25, -0.2) is 9.59 Å². The Kier molecular flexibility index (Phi) is 6.78. The van der Waals surface area contributed by atoms with E-state index in [4.69, 9.17) is 21.4 Å². The van der Waals surface area contributed by atoms with Crippen LogP contribution >= 0.6 is 12.2 Å². The van der Waals surface area contributed by atoms with Gasteiger partial charge < -0.3 is 29.6 Å². The molecule has 1 aliphatic heterocycles. The molecule has 0 unspecified atom stereocenters. The van der Waals surface area contributed by atoms with Crippen LogP contribution in [-0.4, -0.2) is 56.3 Å². The van der Waals surface area contributed by atoms with Crippen molar-refractivity contribution in [1.29, 1.82) is 0 Å². The second kappa shape index (κ2) is 9.94. The van der Waals surface area contributed by atoms with E-state index in [9.17, 15) is 24.6 Å². The zero-order valence-corrected chi connectivity index (χ0v) is 19.3. The Balaban J connectivity index is 1.75. The number of aromatic carboxylic acids is 2. The number of carboxylic acid groups (broad SMARTS) is 2. The smallest absolute Gasteiger partial charge is 0.335 e. The SMILES string of the molecule is CCOC(=O)CN1C(=S)N[C@H](c2ccccn2)[C@@H]1c1ccc(-c2cc(C(=O)O)cc(C(=O)O)c2)o1. The van der Waals surface area contributed by atoms with Crippen LogP contribution in [0.15, 0.2) is 59.1 Å². The summed E-state index contributed by atoms with van der Waals surface area (Å²) in [6.07, 6.45) is 1.64. The number of hydrogen-bond donors (Lipinski definition) is 3. The third kappa shape index (κ3) is 4.99. The first-order chi connectivity index (χ1) is 16.8. The highest BCUT2D eigenvalue weighted by Gasteiger charge is 2.42. The first-order valence-electron chi connectivity index (χ1n) is 10.6. The van der Waals surface area contributed by atoms with Crippen LogP contribution in [0, 0.1) is 0 Å². The molecule has 0 amide bonds. The Morgan fingerprint density at radius 2 is 1.83 bits per heavy atom. The van der Waals surface area contributed by atoms with Crippen LogP contribution in [0.4, 0.5) is 0 Å². The van der Waals surface area contributed by atoms with Crippen LogP contribution in [0.25, 0.3) is 11.3 Å². The minimum atomic E-state index is -1.26. The van der Waals surface area contributed by atoms with Crippen molar-refractivity contribution < 1.29 is 33.8 Å². The molecule has 3 aromatic rings. The monoisotopic (exact) mass is 495 g/mol. The lowest BCUT2D eigenvalue weighted by molar-refractivity contribution is -0.143. The molecule has 1 saturated heterocycles. The van der Waals surface area contributed by atoms with E-state index in [0.717, 1.165) is 6.07 Å². The van der Waals surface area contributed by atoms with Gasteiger partial charge in [-0.05, 0) is 61.6 Å². The van der Waals surface area contributed by atoms with Crippen LogP contribution in [0.5, 0.6) is 0 Å². The summed E-state index contributed by atoms with van der Waals surface area (Å²) in [6, 6.07) is 11.5.